The van der Waals surface area contributed by atoms with Crippen molar-refractivity contribution in [1.29, 1.82) is 0 Å². The molecule has 1 aliphatic rings. The summed E-state index contributed by atoms with van der Waals surface area (Å²) in [6.45, 7) is 0.853. The van der Waals surface area contributed by atoms with Crippen LogP contribution in [0.2, 0.25) is 0 Å². The molecule has 0 spiro atoms. The van der Waals surface area contributed by atoms with Gasteiger partial charge in [-0.05, 0) is 24.5 Å². The Morgan fingerprint density at radius 1 is 1.62 bits per heavy atom. The van der Waals surface area contributed by atoms with E-state index in [1.54, 1.807) is 11.8 Å². The minimum absolute atomic E-state index is 0.196. The van der Waals surface area contributed by atoms with Gasteiger partial charge in [0.25, 0.3) is 0 Å². The minimum atomic E-state index is 0.196. The van der Waals surface area contributed by atoms with Gasteiger partial charge in [0.15, 0.2) is 0 Å². The molecule has 0 radical (unpaired) electrons. The van der Waals surface area contributed by atoms with Gasteiger partial charge in [-0.2, -0.15) is 11.8 Å². The number of alkyl halides is 1. The molecule has 1 amide bonds. The van der Waals surface area contributed by atoms with Crippen molar-refractivity contribution in [2.75, 3.05) is 23.9 Å². The van der Waals surface area contributed by atoms with Crippen molar-refractivity contribution in [2.45, 2.75) is 19.3 Å². The average molecular weight is 266 g/mol. The standard InChI is InChI=1S/C9H16BrNOS/c1-13-5-2-8(12)11-7-9(6-10)3-4-9/h2-7H2,1H3,(H,11,12). The summed E-state index contributed by atoms with van der Waals surface area (Å²) < 4.78 is 0. The van der Waals surface area contributed by atoms with Gasteiger partial charge in [-0.25, -0.2) is 0 Å². The Bertz CT molecular complexity index is 182. The van der Waals surface area contributed by atoms with Crippen molar-refractivity contribution in [3.8, 4) is 0 Å². The Hall–Kier alpha value is 0.300. The number of hydrogen-bond donors (Lipinski definition) is 1. The Morgan fingerprint density at radius 3 is 2.77 bits per heavy atom. The normalized spacial score (nSPS) is 18.3. The van der Waals surface area contributed by atoms with Crippen molar-refractivity contribution < 1.29 is 4.79 Å². The molecule has 1 N–H and O–H groups in total. The molecule has 76 valence electrons. The van der Waals surface area contributed by atoms with Crippen LogP contribution >= 0.6 is 27.7 Å². The predicted octanol–water partition coefficient (Wildman–Crippen LogP) is 2.03. The molecule has 0 aromatic heterocycles. The lowest BCUT2D eigenvalue weighted by Crippen LogP contribution is -2.31. The van der Waals surface area contributed by atoms with Crippen molar-refractivity contribution in [1.82, 2.24) is 5.32 Å². The Balaban J connectivity index is 2.08. The molecular formula is C9H16BrNOS. The summed E-state index contributed by atoms with van der Waals surface area (Å²) in [4.78, 5) is 11.3. The molecule has 13 heavy (non-hydrogen) atoms. The van der Waals surface area contributed by atoms with Gasteiger partial charge in [0.1, 0.15) is 0 Å². The first-order valence-electron chi connectivity index (χ1n) is 4.54. The SMILES string of the molecule is CSCCC(=O)NCC1(CBr)CC1. The molecule has 0 bridgehead atoms. The average Bonchev–Trinajstić information content (AvgIpc) is 2.92. The predicted molar refractivity (Wildman–Crippen MR) is 61.5 cm³/mol. The van der Waals surface area contributed by atoms with Gasteiger partial charge in [-0.3, -0.25) is 4.79 Å². The molecule has 1 rings (SSSR count). The van der Waals surface area contributed by atoms with Gasteiger partial charge in [0.05, 0.1) is 0 Å². The smallest absolute Gasteiger partial charge is 0.220 e. The number of rotatable bonds is 6. The highest BCUT2D eigenvalue weighted by Gasteiger charge is 2.41. The lowest BCUT2D eigenvalue weighted by molar-refractivity contribution is -0.120. The van der Waals surface area contributed by atoms with Gasteiger partial charge >= 0.3 is 0 Å². The van der Waals surface area contributed by atoms with Crippen LogP contribution in [-0.2, 0) is 4.79 Å². The molecule has 4 heteroatoms. The van der Waals surface area contributed by atoms with E-state index in [1.807, 2.05) is 6.26 Å². The van der Waals surface area contributed by atoms with E-state index >= 15 is 0 Å². The number of amides is 1. The quantitative estimate of drug-likeness (QED) is 0.745. The second-order valence-corrected chi connectivity index (χ2v) is 5.20. The van der Waals surface area contributed by atoms with E-state index < -0.39 is 0 Å². The zero-order chi connectivity index (χ0) is 9.73. The van der Waals surface area contributed by atoms with Crippen LogP contribution in [0.5, 0.6) is 0 Å². The monoisotopic (exact) mass is 265 g/mol. The Morgan fingerprint density at radius 2 is 2.31 bits per heavy atom. The van der Waals surface area contributed by atoms with Crippen LogP contribution in [0.25, 0.3) is 0 Å². The summed E-state index contributed by atoms with van der Waals surface area (Å²) >= 11 is 5.20. The third-order valence-corrected chi connectivity index (χ3v) is 4.24. The summed E-state index contributed by atoms with van der Waals surface area (Å²) in [6, 6.07) is 0. The van der Waals surface area contributed by atoms with Crippen LogP contribution in [0.4, 0.5) is 0 Å². The molecule has 2 nitrogen and oxygen atoms in total. The summed E-state index contributed by atoms with van der Waals surface area (Å²) in [5, 5.41) is 4.01. The van der Waals surface area contributed by atoms with E-state index in [2.05, 4.69) is 21.2 Å². The highest BCUT2D eigenvalue weighted by atomic mass is 79.9. The molecule has 0 atom stereocenters. The molecule has 0 aromatic carbocycles. The largest absolute Gasteiger partial charge is 0.355 e. The fraction of sp³-hybridized carbons (Fsp3) is 0.889. The fourth-order valence-electron chi connectivity index (χ4n) is 1.10. The van der Waals surface area contributed by atoms with Crippen LogP contribution in [-0.4, -0.2) is 29.8 Å². The summed E-state index contributed by atoms with van der Waals surface area (Å²) in [6.07, 6.45) is 5.18. The van der Waals surface area contributed by atoms with E-state index in [1.165, 1.54) is 12.8 Å². The Labute approximate surface area is 92.4 Å². The molecular weight excluding hydrogens is 250 g/mol. The third kappa shape index (κ3) is 3.90. The maximum absolute atomic E-state index is 11.3. The minimum Gasteiger partial charge on any atom is -0.355 e. The highest BCUT2D eigenvalue weighted by molar-refractivity contribution is 9.09. The summed E-state index contributed by atoms with van der Waals surface area (Å²) in [7, 11) is 0. The number of halogens is 1. The second kappa shape index (κ2) is 5.25. The van der Waals surface area contributed by atoms with Crippen LogP contribution in [0.3, 0.4) is 0 Å². The zero-order valence-electron chi connectivity index (χ0n) is 7.94. The van der Waals surface area contributed by atoms with E-state index in [0.717, 1.165) is 17.6 Å². The fourth-order valence-corrected chi connectivity index (χ4v) is 2.25. The van der Waals surface area contributed by atoms with Crippen LogP contribution in [0, 0.1) is 5.41 Å². The number of carbonyl (C=O) groups excluding carboxylic acids is 1. The first kappa shape index (κ1) is 11.4. The van der Waals surface area contributed by atoms with Gasteiger partial charge < -0.3 is 5.32 Å². The molecule has 1 saturated carbocycles. The van der Waals surface area contributed by atoms with Crippen LogP contribution in [0.15, 0.2) is 0 Å². The first-order valence-corrected chi connectivity index (χ1v) is 7.05. The Kier molecular flexibility index (Phi) is 4.59. The topological polar surface area (TPSA) is 29.1 Å². The van der Waals surface area contributed by atoms with Crippen molar-refractivity contribution >= 4 is 33.6 Å². The van der Waals surface area contributed by atoms with Gasteiger partial charge in [0.2, 0.25) is 5.91 Å². The van der Waals surface area contributed by atoms with E-state index in [4.69, 9.17) is 0 Å². The van der Waals surface area contributed by atoms with Gasteiger partial charge in [-0.1, -0.05) is 15.9 Å². The highest BCUT2D eigenvalue weighted by Crippen LogP contribution is 2.46. The number of hydrogen-bond acceptors (Lipinski definition) is 2. The number of thioether (sulfide) groups is 1. The summed E-state index contributed by atoms with van der Waals surface area (Å²) in [5.74, 6) is 1.12. The van der Waals surface area contributed by atoms with Gasteiger partial charge in [0, 0.05) is 24.0 Å². The molecule has 0 aromatic rings. The zero-order valence-corrected chi connectivity index (χ0v) is 10.3. The van der Waals surface area contributed by atoms with Crippen LogP contribution in [0.1, 0.15) is 19.3 Å². The van der Waals surface area contributed by atoms with Crippen molar-refractivity contribution in [3.63, 3.8) is 0 Å². The molecule has 1 fully saturated rings. The number of nitrogens with one attached hydrogen (secondary N) is 1. The molecule has 0 saturated heterocycles. The van der Waals surface area contributed by atoms with Crippen molar-refractivity contribution in [2.24, 2.45) is 5.41 Å². The lowest BCUT2D eigenvalue weighted by Gasteiger charge is -2.12. The van der Waals surface area contributed by atoms with Gasteiger partial charge in [-0.15, -0.1) is 0 Å². The second-order valence-electron chi connectivity index (χ2n) is 3.65. The van der Waals surface area contributed by atoms with Crippen molar-refractivity contribution in [3.05, 3.63) is 0 Å². The molecule has 0 heterocycles. The molecule has 1 aliphatic carbocycles. The number of carbonyl (C=O) groups is 1. The summed E-state index contributed by atoms with van der Waals surface area (Å²) in [5.41, 5.74) is 0.398. The lowest BCUT2D eigenvalue weighted by atomic mass is 10.1. The van der Waals surface area contributed by atoms with E-state index in [0.29, 0.717) is 11.8 Å². The van der Waals surface area contributed by atoms with E-state index in [9.17, 15) is 4.79 Å². The van der Waals surface area contributed by atoms with E-state index in [-0.39, 0.29) is 5.91 Å². The molecule has 0 unspecified atom stereocenters. The third-order valence-electron chi connectivity index (χ3n) is 2.43. The maximum atomic E-state index is 11.3. The maximum Gasteiger partial charge on any atom is 0.220 e. The molecule has 0 aliphatic heterocycles. The van der Waals surface area contributed by atoms with Crippen LogP contribution < -0.4 is 5.32 Å². The first-order chi connectivity index (χ1) is 6.22.